The number of hydrogen-bond acceptors (Lipinski definition) is 5. The molecule has 4 rings (SSSR count). The number of para-hydroxylation sites is 1. The minimum Gasteiger partial charge on any atom is -1.00 e. The van der Waals surface area contributed by atoms with E-state index in [9.17, 15) is 0 Å². The monoisotopic (exact) mass is 376 g/mol. The molecular formula is C18H18Cl2N4O-2. The first-order chi connectivity index (χ1) is 11.4. The molecule has 1 aromatic carbocycles. The second-order valence-electron chi connectivity index (χ2n) is 5.67. The zero-order valence-corrected chi connectivity index (χ0v) is 15.0. The summed E-state index contributed by atoms with van der Waals surface area (Å²) in [6.45, 7) is 1.63. The summed E-state index contributed by atoms with van der Waals surface area (Å²) < 4.78 is 5.69. The van der Waals surface area contributed by atoms with E-state index in [1.807, 2.05) is 36.4 Å². The number of halogens is 2. The fourth-order valence-corrected chi connectivity index (χ4v) is 2.85. The van der Waals surface area contributed by atoms with Crippen LogP contribution in [0.4, 0.5) is 5.82 Å². The van der Waals surface area contributed by atoms with Gasteiger partial charge in [0.25, 0.3) is 0 Å². The summed E-state index contributed by atoms with van der Waals surface area (Å²) in [6.07, 6.45) is 6.05. The van der Waals surface area contributed by atoms with E-state index in [1.54, 1.807) is 12.4 Å². The topological polar surface area (TPSA) is 59.9 Å². The minimum atomic E-state index is 0. The molecule has 1 aliphatic heterocycles. The molecule has 0 radical (unpaired) electrons. The van der Waals surface area contributed by atoms with Gasteiger partial charge in [0.1, 0.15) is 5.82 Å². The molecule has 1 N–H and O–H groups in total. The van der Waals surface area contributed by atoms with Gasteiger partial charge in [0, 0.05) is 36.5 Å². The number of aromatic nitrogens is 3. The fraction of sp³-hybridized carbons (Fsp3) is 0.278. The van der Waals surface area contributed by atoms with Crippen molar-refractivity contribution >= 4 is 16.7 Å². The van der Waals surface area contributed by atoms with Crippen LogP contribution in [0, 0.1) is 0 Å². The Labute approximate surface area is 159 Å². The van der Waals surface area contributed by atoms with Crippen molar-refractivity contribution < 1.29 is 29.6 Å². The predicted octanol–water partition coefficient (Wildman–Crippen LogP) is -2.71. The predicted molar refractivity (Wildman–Crippen MR) is 90.2 cm³/mol. The van der Waals surface area contributed by atoms with E-state index in [0.717, 1.165) is 48.3 Å². The molecule has 0 spiro atoms. The molecule has 1 atom stereocenters. The smallest absolute Gasteiger partial charge is 0.163 e. The van der Waals surface area contributed by atoms with Gasteiger partial charge in [0.15, 0.2) is 5.82 Å². The third-order valence-corrected chi connectivity index (χ3v) is 4.04. The van der Waals surface area contributed by atoms with Crippen molar-refractivity contribution in [1.29, 1.82) is 0 Å². The van der Waals surface area contributed by atoms with Crippen LogP contribution in [0.2, 0.25) is 0 Å². The second-order valence-corrected chi connectivity index (χ2v) is 5.67. The molecule has 1 fully saturated rings. The molecule has 3 heterocycles. The highest BCUT2D eigenvalue weighted by molar-refractivity contribution is 5.90. The largest absolute Gasteiger partial charge is 1.00 e. The first-order valence-electron chi connectivity index (χ1n) is 7.93. The van der Waals surface area contributed by atoms with Crippen LogP contribution in [-0.4, -0.2) is 34.2 Å². The maximum Gasteiger partial charge on any atom is 0.163 e. The maximum absolute atomic E-state index is 5.69. The molecule has 1 aliphatic rings. The Kier molecular flexibility index (Phi) is 6.93. The number of pyridine rings is 1. The van der Waals surface area contributed by atoms with Crippen LogP contribution in [0.15, 0.2) is 48.8 Å². The van der Waals surface area contributed by atoms with E-state index in [4.69, 9.17) is 9.72 Å². The zero-order chi connectivity index (χ0) is 15.5. The van der Waals surface area contributed by atoms with Gasteiger partial charge < -0.3 is 34.9 Å². The van der Waals surface area contributed by atoms with Crippen LogP contribution in [-0.2, 0) is 4.74 Å². The molecule has 2 aromatic heterocycles. The highest BCUT2D eigenvalue weighted by Crippen LogP contribution is 2.25. The standard InChI is InChI=1S/C18H18N4O.2ClH/c1-2-8-16-15(7-1)18(20-12-14-6-4-10-23-14)22-17(21-16)13-5-3-9-19-11-13;;/h1-3,5,7-9,11,14H,4,6,10,12H2,(H,20,21,22);2*1H/p-2. The zero-order valence-electron chi connectivity index (χ0n) is 13.5. The average molecular weight is 377 g/mol. The summed E-state index contributed by atoms with van der Waals surface area (Å²) >= 11 is 0. The summed E-state index contributed by atoms with van der Waals surface area (Å²) in [6, 6.07) is 11.9. The second kappa shape index (κ2) is 8.94. The number of anilines is 1. The van der Waals surface area contributed by atoms with Crippen molar-refractivity contribution in [2.45, 2.75) is 18.9 Å². The Morgan fingerprint density at radius 3 is 2.72 bits per heavy atom. The molecule has 0 amide bonds. The normalized spacial score (nSPS) is 16.1. The summed E-state index contributed by atoms with van der Waals surface area (Å²) in [5.74, 6) is 1.54. The van der Waals surface area contributed by atoms with Crippen molar-refractivity contribution in [2.24, 2.45) is 0 Å². The Morgan fingerprint density at radius 1 is 1.08 bits per heavy atom. The van der Waals surface area contributed by atoms with Crippen molar-refractivity contribution in [3.05, 3.63) is 48.8 Å². The van der Waals surface area contributed by atoms with Gasteiger partial charge in [-0.25, -0.2) is 9.97 Å². The highest BCUT2D eigenvalue weighted by Gasteiger charge is 2.16. The van der Waals surface area contributed by atoms with Crippen molar-refractivity contribution in [3.63, 3.8) is 0 Å². The van der Waals surface area contributed by atoms with E-state index in [2.05, 4.69) is 15.3 Å². The quantitative estimate of drug-likeness (QED) is 0.536. The van der Waals surface area contributed by atoms with Crippen LogP contribution in [0.5, 0.6) is 0 Å². The van der Waals surface area contributed by atoms with E-state index < -0.39 is 0 Å². The molecule has 3 aromatic rings. The highest BCUT2D eigenvalue weighted by atomic mass is 35.5. The summed E-state index contributed by atoms with van der Waals surface area (Å²) in [7, 11) is 0. The molecule has 5 nitrogen and oxygen atoms in total. The molecule has 0 bridgehead atoms. The average Bonchev–Trinajstić information content (AvgIpc) is 3.14. The van der Waals surface area contributed by atoms with Crippen LogP contribution in [0.3, 0.4) is 0 Å². The number of ether oxygens (including phenoxy) is 1. The molecule has 1 unspecified atom stereocenters. The van der Waals surface area contributed by atoms with Gasteiger partial charge in [-0.15, -0.1) is 0 Å². The number of hydrogen-bond donors (Lipinski definition) is 1. The van der Waals surface area contributed by atoms with Crippen molar-refractivity contribution in [2.75, 3.05) is 18.5 Å². The van der Waals surface area contributed by atoms with Crippen molar-refractivity contribution in [1.82, 2.24) is 15.0 Å². The van der Waals surface area contributed by atoms with Gasteiger partial charge in [-0.05, 0) is 37.1 Å². The lowest BCUT2D eigenvalue weighted by Gasteiger charge is -2.14. The Bertz CT molecular complexity index is 811. The van der Waals surface area contributed by atoms with E-state index in [-0.39, 0.29) is 30.9 Å². The maximum atomic E-state index is 5.69. The van der Waals surface area contributed by atoms with Gasteiger partial charge in [0.2, 0.25) is 0 Å². The van der Waals surface area contributed by atoms with E-state index in [0.29, 0.717) is 5.82 Å². The van der Waals surface area contributed by atoms with Gasteiger partial charge in [-0.3, -0.25) is 4.98 Å². The third kappa shape index (κ3) is 4.37. The van der Waals surface area contributed by atoms with E-state index in [1.165, 1.54) is 0 Å². The lowest BCUT2D eigenvalue weighted by atomic mass is 10.2. The SMILES string of the molecule is [Cl-].[Cl-].c1cncc(-c2nc(NCC3CCCO3)c3ccccc3n2)c1. The van der Waals surface area contributed by atoms with Gasteiger partial charge in [-0.1, -0.05) is 12.1 Å². The van der Waals surface area contributed by atoms with Gasteiger partial charge >= 0.3 is 0 Å². The molecule has 1 saturated heterocycles. The number of fused-ring (bicyclic) bond motifs is 1. The summed E-state index contributed by atoms with van der Waals surface area (Å²) in [5, 5.41) is 4.47. The van der Waals surface area contributed by atoms with Crippen LogP contribution >= 0.6 is 0 Å². The Balaban J connectivity index is 0.00000113. The van der Waals surface area contributed by atoms with E-state index >= 15 is 0 Å². The Hall–Kier alpha value is -1.95. The Morgan fingerprint density at radius 2 is 1.96 bits per heavy atom. The molecule has 0 saturated carbocycles. The number of rotatable bonds is 4. The molecule has 0 aliphatic carbocycles. The lowest BCUT2D eigenvalue weighted by molar-refractivity contribution is -0.001000. The fourth-order valence-electron chi connectivity index (χ4n) is 2.85. The van der Waals surface area contributed by atoms with Gasteiger partial charge in [-0.2, -0.15) is 0 Å². The van der Waals surface area contributed by atoms with Gasteiger partial charge in [0.05, 0.1) is 11.6 Å². The lowest BCUT2D eigenvalue weighted by Crippen LogP contribution is -3.00. The number of nitrogens with zero attached hydrogens (tertiary/aromatic N) is 3. The number of benzene rings is 1. The first-order valence-corrected chi connectivity index (χ1v) is 7.93. The van der Waals surface area contributed by atoms with Crippen LogP contribution in [0.25, 0.3) is 22.3 Å². The molecule has 25 heavy (non-hydrogen) atoms. The first kappa shape index (κ1) is 19.4. The molecular weight excluding hydrogens is 359 g/mol. The molecule has 7 heteroatoms. The third-order valence-electron chi connectivity index (χ3n) is 4.04. The summed E-state index contributed by atoms with van der Waals surface area (Å²) in [4.78, 5) is 13.5. The summed E-state index contributed by atoms with van der Waals surface area (Å²) in [5.41, 5.74) is 1.84. The van der Waals surface area contributed by atoms with Crippen molar-refractivity contribution in [3.8, 4) is 11.4 Å². The van der Waals surface area contributed by atoms with Crippen LogP contribution in [0.1, 0.15) is 12.8 Å². The number of nitrogens with one attached hydrogen (secondary N) is 1. The molecule has 132 valence electrons. The van der Waals surface area contributed by atoms with Crippen LogP contribution < -0.4 is 30.1 Å². The minimum absolute atomic E-state index is 0.